The molecular formula is C35H24F3NO5S. The van der Waals surface area contributed by atoms with Gasteiger partial charge in [-0.05, 0) is 76.9 Å². The van der Waals surface area contributed by atoms with Gasteiger partial charge in [-0.2, -0.15) is 17.7 Å². The molecule has 0 aliphatic rings. The van der Waals surface area contributed by atoms with Crippen LogP contribution in [0.2, 0.25) is 0 Å². The van der Waals surface area contributed by atoms with E-state index < -0.39 is 15.6 Å². The Kier molecular flexibility index (Phi) is 9.95. The predicted octanol–water partition coefficient (Wildman–Crippen LogP) is 6.11. The van der Waals surface area contributed by atoms with E-state index in [1.165, 1.54) is 0 Å². The Morgan fingerprint density at radius 1 is 0.578 bits per heavy atom. The fourth-order valence-electron chi connectivity index (χ4n) is 3.91. The summed E-state index contributed by atoms with van der Waals surface area (Å²) in [5.41, 5.74) is 2.19. The molecule has 0 aliphatic heterocycles. The van der Waals surface area contributed by atoms with Crippen LogP contribution in [0.1, 0.15) is 22.5 Å². The van der Waals surface area contributed by atoms with Crippen molar-refractivity contribution in [2.45, 2.75) is 5.51 Å². The fourth-order valence-corrected chi connectivity index (χ4v) is 3.91. The molecule has 4 aromatic carbocycles. The van der Waals surface area contributed by atoms with Gasteiger partial charge < -0.3 is 14.8 Å². The highest BCUT2D eigenvalue weighted by atomic mass is 32.2. The summed E-state index contributed by atoms with van der Waals surface area (Å²) in [6, 6.07) is 36.4. The molecule has 0 atom stereocenters. The second kappa shape index (κ2) is 13.8. The van der Waals surface area contributed by atoms with Crippen LogP contribution in [0.4, 0.5) is 13.2 Å². The number of rotatable bonds is 2. The van der Waals surface area contributed by atoms with Crippen LogP contribution in [0.25, 0.3) is 22.3 Å². The van der Waals surface area contributed by atoms with Gasteiger partial charge in [0.15, 0.2) is 10.1 Å². The minimum atomic E-state index is -6.09. The summed E-state index contributed by atoms with van der Waals surface area (Å²) in [6.07, 6.45) is 0. The summed E-state index contributed by atoms with van der Waals surface area (Å²) < 4.78 is 60.9. The van der Waals surface area contributed by atoms with Crippen LogP contribution in [0, 0.1) is 23.7 Å². The zero-order valence-electron chi connectivity index (χ0n) is 23.6. The van der Waals surface area contributed by atoms with E-state index in [9.17, 15) is 23.4 Å². The molecule has 5 rings (SSSR count). The van der Waals surface area contributed by atoms with Crippen LogP contribution < -0.4 is 4.57 Å². The van der Waals surface area contributed by atoms with Crippen molar-refractivity contribution in [2.24, 2.45) is 7.05 Å². The number of benzene rings is 4. The first-order valence-electron chi connectivity index (χ1n) is 13.1. The Labute approximate surface area is 258 Å². The molecule has 1 heterocycles. The number of aromatic nitrogens is 1. The first-order valence-corrected chi connectivity index (χ1v) is 14.6. The molecule has 0 saturated heterocycles. The number of aromatic hydroxyl groups is 2. The molecule has 0 spiro atoms. The summed E-state index contributed by atoms with van der Waals surface area (Å²) in [5, 5.41) is 19.0. The van der Waals surface area contributed by atoms with Crippen molar-refractivity contribution in [2.75, 3.05) is 0 Å². The number of hydrogen-bond acceptors (Lipinski definition) is 5. The average molecular weight is 628 g/mol. The number of nitrogens with zero attached hydrogens (tertiary/aromatic N) is 1. The molecule has 45 heavy (non-hydrogen) atoms. The molecule has 0 saturated carbocycles. The molecule has 2 N–H and O–H groups in total. The molecule has 0 bridgehead atoms. The number of phenolic OH excluding ortho intramolecular Hbond substituents is 2. The van der Waals surface area contributed by atoms with E-state index in [4.69, 9.17) is 13.0 Å². The molecule has 0 unspecified atom stereocenters. The van der Waals surface area contributed by atoms with Gasteiger partial charge >= 0.3 is 5.51 Å². The van der Waals surface area contributed by atoms with Crippen LogP contribution in [0.3, 0.4) is 0 Å². The topological polar surface area (TPSA) is 102 Å². The van der Waals surface area contributed by atoms with E-state index in [1.54, 1.807) is 24.3 Å². The third-order valence-corrected chi connectivity index (χ3v) is 6.92. The minimum Gasteiger partial charge on any atom is -0.741 e. The molecule has 1 aromatic heterocycles. The summed E-state index contributed by atoms with van der Waals surface area (Å²) in [6.45, 7) is 0. The van der Waals surface area contributed by atoms with Crippen molar-refractivity contribution in [3.8, 4) is 57.4 Å². The molecule has 0 aliphatic carbocycles. The van der Waals surface area contributed by atoms with Crippen molar-refractivity contribution in [1.29, 1.82) is 0 Å². The Morgan fingerprint density at radius 3 is 1.16 bits per heavy atom. The lowest BCUT2D eigenvalue weighted by Crippen LogP contribution is -2.36. The van der Waals surface area contributed by atoms with E-state index in [2.05, 4.69) is 23.7 Å². The van der Waals surface area contributed by atoms with E-state index in [1.807, 2.05) is 103 Å². The lowest BCUT2D eigenvalue weighted by Gasteiger charge is -2.08. The molecule has 0 radical (unpaired) electrons. The second-order valence-corrected chi connectivity index (χ2v) is 10.9. The van der Waals surface area contributed by atoms with Crippen LogP contribution >= 0.6 is 0 Å². The van der Waals surface area contributed by atoms with E-state index in [0.29, 0.717) is 0 Å². The van der Waals surface area contributed by atoms with Crippen molar-refractivity contribution in [3.63, 3.8) is 0 Å². The van der Waals surface area contributed by atoms with E-state index in [0.717, 1.165) is 44.8 Å². The third kappa shape index (κ3) is 8.97. The van der Waals surface area contributed by atoms with Crippen LogP contribution in [0.5, 0.6) is 11.5 Å². The summed E-state index contributed by atoms with van der Waals surface area (Å²) >= 11 is 0. The standard InChI is InChI=1S/C34H23NO2.CHF3O3S/c1-35-31(19-9-25-5-11-27(12-6-25)29-15-21-33(36)22-16-29)3-2-4-32(35)20-10-26-7-13-28(14-8-26)30-17-23-34(37)24-18-30;2-1(3,4)8(5,6)7/h2-8,11-18,21-24H,1H3,(H,36,37);(H,5,6,7). The van der Waals surface area contributed by atoms with Gasteiger partial charge in [0.1, 0.15) is 18.5 Å². The first kappa shape index (κ1) is 32.4. The number of hydrogen-bond donors (Lipinski definition) is 2. The predicted molar refractivity (Wildman–Crippen MR) is 162 cm³/mol. The van der Waals surface area contributed by atoms with Gasteiger partial charge in [-0.25, -0.2) is 8.42 Å². The molecule has 10 heteroatoms. The van der Waals surface area contributed by atoms with Crippen molar-refractivity contribution >= 4 is 10.1 Å². The zero-order valence-corrected chi connectivity index (χ0v) is 24.4. The molecule has 226 valence electrons. The fraction of sp³-hybridized carbons (Fsp3) is 0.0571. The van der Waals surface area contributed by atoms with Gasteiger partial charge in [-0.1, -0.05) is 60.4 Å². The van der Waals surface area contributed by atoms with Crippen molar-refractivity contribution < 1.29 is 40.9 Å². The summed E-state index contributed by atoms with van der Waals surface area (Å²) in [4.78, 5) is 0. The monoisotopic (exact) mass is 627 g/mol. The molecule has 0 amide bonds. The maximum Gasteiger partial charge on any atom is 0.485 e. The number of halogens is 3. The zero-order chi connectivity index (χ0) is 32.6. The number of alkyl halides is 3. The number of phenols is 2. The highest BCUT2D eigenvalue weighted by molar-refractivity contribution is 7.86. The van der Waals surface area contributed by atoms with Gasteiger partial charge in [0.05, 0.1) is 0 Å². The van der Waals surface area contributed by atoms with Crippen molar-refractivity contribution in [1.82, 2.24) is 0 Å². The van der Waals surface area contributed by atoms with Crippen molar-refractivity contribution in [3.05, 3.63) is 138 Å². The Balaban J connectivity index is 0.000000510. The maximum atomic E-state index is 10.7. The molecular weight excluding hydrogens is 603 g/mol. The normalized spacial score (nSPS) is 10.8. The van der Waals surface area contributed by atoms with E-state index >= 15 is 0 Å². The van der Waals surface area contributed by atoms with Gasteiger partial charge in [0, 0.05) is 35.1 Å². The lowest BCUT2D eigenvalue weighted by atomic mass is 10.0. The van der Waals surface area contributed by atoms with Crippen LogP contribution in [0.15, 0.2) is 115 Å². The van der Waals surface area contributed by atoms with Crippen LogP contribution in [-0.4, -0.2) is 28.7 Å². The Hall–Kier alpha value is -5.55. The quantitative estimate of drug-likeness (QED) is 0.107. The third-order valence-electron chi connectivity index (χ3n) is 6.36. The average Bonchev–Trinajstić information content (AvgIpc) is 3.01. The second-order valence-electron chi connectivity index (χ2n) is 9.50. The van der Waals surface area contributed by atoms with E-state index in [-0.39, 0.29) is 11.5 Å². The van der Waals surface area contributed by atoms with Gasteiger partial charge in [-0.3, -0.25) is 0 Å². The van der Waals surface area contributed by atoms with Crippen LogP contribution in [-0.2, 0) is 17.2 Å². The van der Waals surface area contributed by atoms with Gasteiger partial charge in [-0.15, -0.1) is 0 Å². The largest absolute Gasteiger partial charge is 0.741 e. The molecule has 5 aromatic rings. The number of pyridine rings is 1. The van der Waals surface area contributed by atoms with Gasteiger partial charge in [0.25, 0.3) is 11.4 Å². The highest BCUT2D eigenvalue weighted by Gasteiger charge is 2.36. The maximum absolute atomic E-state index is 10.7. The minimum absolute atomic E-state index is 0.259. The molecule has 0 fully saturated rings. The van der Waals surface area contributed by atoms with Gasteiger partial charge in [0.2, 0.25) is 0 Å². The first-order chi connectivity index (χ1) is 21.3. The smallest absolute Gasteiger partial charge is 0.485 e. The SMILES string of the molecule is C[n+]1c(C#Cc2ccc(-c3ccc(O)cc3)cc2)cccc1C#Cc1ccc(-c2ccc(O)cc2)cc1.O=S(=O)([O-])C(F)(F)F. The lowest BCUT2D eigenvalue weighted by molar-refractivity contribution is -0.676. The summed E-state index contributed by atoms with van der Waals surface area (Å²) in [5.74, 6) is 13.5. The Morgan fingerprint density at radius 2 is 0.867 bits per heavy atom. The Bertz CT molecular complexity index is 1890. The molecule has 6 nitrogen and oxygen atoms in total. The highest BCUT2D eigenvalue weighted by Crippen LogP contribution is 2.23. The summed E-state index contributed by atoms with van der Waals surface area (Å²) in [7, 11) is -4.12.